The lowest BCUT2D eigenvalue weighted by Crippen LogP contribution is -2.24. The highest BCUT2D eigenvalue weighted by atomic mass is 16.5. The number of hydrogen-bond donors (Lipinski definition) is 1. The van der Waals surface area contributed by atoms with Crippen LogP contribution in [0.4, 0.5) is 0 Å². The van der Waals surface area contributed by atoms with E-state index in [-0.39, 0.29) is 0 Å². The van der Waals surface area contributed by atoms with Gasteiger partial charge in [-0.2, -0.15) is 0 Å². The molecule has 0 aliphatic heterocycles. The Morgan fingerprint density at radius 2 is 1.18 bits per heavy atom. The van der Waals surface area contributed by atoms with Gasteiger partial charge in [-0.05, 0) is 19.3 Å². The zero-order valence-electron chi connectivity index (χ0n) is 18.5. The van der Waals surface area contributed by atoms with E-state index in [9.17, 15) is 14.7 Å². The first-order valence-corrected chi connectivity index (χ1v) is 12.0. The quantitative estimate of drug-likeness (QED) is 0.147. The van der Waals surface area contributed by atoms with Gasteiger partial charge in [0.1, 0.15) is 6.29 Å². The van der Waals surface area contributed by atoms with Crippen molar-refractivity contribution in [3.05, 3.63) is 0 Å². The summed E-state index contributed by atoms with van der Waals surface area (Å²) >= 11 is 0. The second-order valence-electron chi connectivity index (χ2n) is 8.10. The van der Waals surface area contributed by atoms with Gasteiger partial charge in [0.2, 0.25) is 0 Å². The zero-order valence-corrected chi connectivity index (χ0v) is 18.5. The Balaban J connectivity index is 3.26. The monoisotopic (exact) mass is 398 g/mol. The molecule has 0 aromatic heterocycles. The molecular formula is C24H46O4. The third-order valence-electron chi connectivity index (χ3n) is 5.38. The van der Waals surface area contributed by atoms with E-state index in [0.717, 1.165) is 44.8 Å². The van der Waals surface area contributed by atoms with Gasteiger partial charge in [-0.15, -0.1) is 0 Å². The minimum atomic E-state index is -0.811. The molecule has 0 heterocycles. The van der Waals surface area contributed by atoms with Gasteiger partial charge in [-0.3, -0.25) is 0 Å². The van der Waals surface area contributed by atoms with E-state index in [0.29, 0.717) is 13.0 Å². The molecule has 0 aliphatic carbocycles. The fraction of sp³-hybridized carbons (Fsp3) is 0.917. The summed E-state index contributed by atoms with van der Waals surface area (Å²) in [4.78, 5) is 21.4. The number of rotatable bonds is 23. The summed E-state index contributed by atoms with van der Waals surface area (Å²) in [7, 11) is 0. The average molecular weight is 399 g/mol. The number of carbonyl (C=O) groups is 2. The Labute approximate surface area is 173 Å². The lowest BCUT2D eigenvalue weighted by molar-refractivity contribution is -0.151. The van der Waals surface area contributed by atoms with Crippen LogP contribution in [-0.2, 0) is 14.3 Å². The third-order valence-corrected chi connectivity index (χ3v) is 5.38. The second kappa shape index (κ2) is 22.4. The smallest absolute Gasteiger partial charge is 0.332 e. The molecule has 1 atom stereocenters. The summed E-state index contributed by atoms with van der Waals surface area (Å²) in [5.41, 5.74) is 0. The molecule has 1 N–H and O–H groups in total. The van der Waals surface area contributed by atoms with E-state index >= 15 is 0 Å². The van der Waals surface area contributed by atoms with Crippen LogP contribution in [-0.4, -0.2) is 30.1 Å². The van der Waals surface area contributed by atoms with E-state index in [1.54, 1.807) is 0 Å². The Morgan fingerprint density at radius 3 is 1.57 bits per heavy atom. The van der Waals surface area contributed by atoms with Crippen molar-refractivity contribution in [3.8, 4) is 0 Å². The Bertz CT molecular complexity index is 343. The Hall–Kier alpha value is -0.900. The van der Waals surface area contributed by atoms with Crippen LogP contribution in [0.15, 0.2) is 0 Å². The van der Waals surface area contributed by atoms with Crippen LogP contribution in [0.2, 0.25) is 0 Å². The highest BCUT2D eigenvalue weighted by molar-refractivity contribution is 5.72. The summed E-state index contributed by atoms with van der Waals surface area (Å²) in [6.45, 7) is 2.65. The molecule has 0 saturated heterocycles. The minimum Gasteiger partial charge on any atom is -0.479 e. The standard InChI is InChI=1S/C24H46O4/c1-2-3-22-28-23(24(26)27)20-18-16-14-12-10-8-6-4-5-7-9-11-13-15-17-19-21-25/h21,23H,2-20,22H2,1H3,(H,26,27). The van der Waals surface area contributed by atoms with Crippen molar-refractivity contribution >= 4 is 12.3 Å². The molecule has 4 heteroatoms. The maximum atomic E-state index is 11.2. The zero-order chi connectivity index (χ0) is 20.7. The molecule has 0 amide bonds. The molecular weight excluding hydrogens is 352 g/mol. The highest BCUT2D eigenvalue weighted by Crippen LogP contribution is 2.15. The number of carboxylic acid groups (broad SMARTS) is 1. The summed E-state index contributed by atoms with van der Waals surface area (Å²) in [6, 6.07) is 0. The number of carbonyl (C=O) groups excluding carboxylic acids is 1. The third kappa shape index (κ3) is 19.9. The normalized spacial score (nSPS) is 12.2. The maximum absolute atomic E-state index is 11.2. The highest BCUT2D eigenvalue weighted by Gasteiger charge is 2.16. The Morgan fingerprint density at radius 1 is 0.750 bits per heavy atom. The first-order valence-electron chi connectivity index (χ1n) is 12.0. The predicted octanol–water partition coefficient (Wildman–Crippen LogP) is 7.09. The second-order valence-corrected chi connectivity index (χ2v) is 8.10. The van der Waals surface area contributed by atoms with Crippen LogP contribution in [0.3, 0.4) is 0 Å². The first kappa shape index (κ1) is 27.1. The lowest BCUT2D eigenvalue weighted by Gasteiger charge is -2.13. The largest absolute Gasteiger partial charge is 0.479 e. The van der Waals surface area contributed by atoms with Crippen molar-refractivity contribution in [3.63, 3.8) is 0 Å². The molecule has 0 saturated carbocycles. The maximum Gasteiger partial charge on any atom is 0.332 e. The predicted molar refractivity (Wildman–Crippen MR) is 117 cm³/mol. The van der Waals surface area contributed by atoms with Crippen LogP contribution >= 0.6 is 0 Å². The molecule has 0 aromatic rings. The molecule has 1 unspecified atom stereocenters. The van der Waals surface area contributed by atoms with Crippen LogP contribution < -0.4 is 0 Å². The Kier molecular flexibility index (Phi) is 21.7. The van der Waals surface area contributed by atoms with E-state index in [1.165, 1.54) is 77.0 Å². The van der Waals surface area contributed by atoms with Gasteiger partial charge >= 0.3 is 5.97 Å². The van der Waals surface area contributed by atoms with Gasteiger partial charge in [0, 0.05) is 13.0 Å². The van der Waals surface area contributed by atoms with Crippen molar-refractivity contribution in [1.82, 2.24) is 0 Å². The number of aldehydes is 1. The molecule has 0 radical (unpaired) electrons. The molecule has 0 bridgehead atoms. The SMILES string of the molecule is CCCCOC(CCCCCCCCCCCCCCCCCC=O)C(=O)O. The van der Waals surface area contributed by atoms with Crippen LogP contribution in [0.1, 0.15) is 129 Å². The molecule has 0 rings (SSSR count). The fourth-order valence-corrected chi connectivity index (χ4v) is 3.50. The number of unbranched alkanes of at least 4 members (excludes halogenated alkanes) is 16. The van der Waals surface area contributed by atoms with Gasteiger partial charge in [-0.1, -0.05) is 103 Å². The molecule has 0 aliphatic rings. The van der Waals surface area contributed by atoms with Gasteiger partial charge in [-0.25, -0.2) is 4.79 Å². The molecule has 28 heavy (non-hydrogen) atoms. The minimum absolute atomic E-state index is 0.564. The summed E-state index contributed by atoms with van der Waals surface area (Å²) in [6.07, 6.45) is 22.7. The van der Waals surface area contributed by atoms with E-state index < -0.39 is 12.1 Å². The van der Waals surface area contributed by atoms with E-state index in [1.807, 2.05) is 0 Å². The number of hydrogen-bond acceptors (Lipinski definition) is 3. The van der Waals surface area contributed by atoms with Crippen molar-refractivity contribution in [2.45, 2.75) is 135 Å². The van der Waals surface area contributed by atoms with Gasteiger partial charge in [0.15, 0.2) is 6.10 Å². The van der Waals surface area contributed by atoms with E-state index in [2.05, 4.69) is 6.92 Å². The average Bonchev–Trinajstić information content (AvgIpc) is 2.68. The summed E-state index contributed by atoms with van der Waals surface area (Å²) in [5.74, 6) is -0.811. The number of aliphatic carboxylic acids is 1. The van der Waals surface area contributed by atoms with Crippen LogP contribution in [0.5, 0.6) is 0 Å². The van der Waals surface area contributed by atoms with Crippen LogP contribution in [0.25, 0.3) is 0 Å². The summed E-state index contributed by atoms with van der Waals surface area (Å²) in [5, 5.41) is 9.17. The molecule has 4 nitrogen and oxygen atoms in total. The summed E-state index contributed by atoms with van der Waals surface area (Å²) < 4.78 is 5.46. The number of carboxylic acids is 1. The van der Waals surface area contributed by atoms with Gasteiger partial charge < -0.3 is 14.6 Å². The van der Waals surface area contributed by atoms with E-state index in [4.69, 9.17) is 4.74 Å². The fourth-order valence-electron chi connectivity index (χ4n) is 3.50. The van der Waals surface area contributed by atoms with Crippen molar-refractivity contribution in [2.24, 2.45) is 0 Å². The first-order chi connectivity index (χ1) is 13.7. The van der Waals surface area contributed by atoms with Crippen LogP contribution in [0, 0.1) is 0 Å². The van der Waals surface area contributed by atoms with Crippen molar-refractivity contribution < 1.29 is 19.4 Å². The molecule has 0 spiro atoms. The van der Waals surface area contributed by atoms with Crippen molar-refractivity contribution in [1.29, 1.82) is 0 Å². The van der Waals surface area contributed by atoms with Gasteiger partial charge in [0.25, 0.3) is 0 Å². The van der Waals surface area contributed by atoms with Gasteiger partial charge in [0.05, 0.1) is 0 Å². The molecule has 166 valence electrons. The lowest BCUT2D eigenvalue weighted by atomic mass is 10.0. The van der Waals surface area contributed by atoms with Crippen molar-refractivity contribution in [2.75, 3.05) is 6.61 Å². The molecule has 0 fully saturated rings. The number of ether oxygens (including phenoxy) is 1. The topological polar surface area (TPSA) is 63.6 Å². The molecule has 0 aromatic carbocycles.